The Kier molecular flexibility index (Phi) is 6.43. The summed E-state index contributed by atoms with van der Waals surface area (Å²) < 4.78 is 5.30. The van der Waals surface area contributed by atoms with E-state index in [4.69, 9.17) is 10.5 Å². The minimum absolute atomic E-state index is 0.0748. The highest BCUT2D eigenvalue weighted by Crippen LogP contribution is 2.50. The number of nitro groups is 1. The van der Waals surface area contributed by atoms with Crippen molar-refractivity contribution < 1.29 is 14.5 Å². The molecular weight excluding hydrogens is 480 g/mol. The van der Waals surface area contributed by atoms with Gasteiger partial charge in [-0.1, -0.05) is 48.5 Å². The SMILES string of the molecule is COc1ccc([C@H]2C(C#N)=C(N)N(c3cc([N+](=O)[O-])ccc3C)C3=C2C(=O)C[C@H](c2ccccc2)C3)cc1. The van der Waals surface area contributed by atoms with Gasteiger partial charge in [-0.05, 0) is 48.1 Å². The molecule has 1 heterocycles. The standard InChI is InChI=1S/C30H26N4O4/c1-18-8-11-22(34(36)37)16-25(18)33-26-14-21(19-6-4-3-5-7-19)15-27(35)29(26)28(24(17-31)30(33)32)20-9-12-23(38-2)13-10-20/h3-13,16,21,28H,14-15,32H2,1-2H3/t21-,28+/m1/s1. The number of nitriles is 1. The molecule has 2 aliphatic rings. The van der Waals surface area contributed by atoms with Crippen molar-refractivity contribution in [3.05, 3.63) is 122 Å². The number of hydrogen-bond acceptors (Lipinski definition) is 7. The second-order valence-electron chi connectivity index (χ2n) is 9.48. The molecule has 1 aliphatic heterocycles. The van der Waals surface area contributed by atoms with Gasteiger partial charge in [-0.15, -0.1) is 0 Å². The molecule has 2 atom stereocenters. The van der Waals surface area contributed by atoms with Gasteiger partial charge in [0.2, 0.25) is 0 Å². The summed E-state index contributed by atoms with van der Waals surface area (Å²) in [5, 5.41) is 21.9. The summed E-state index contributed by atoms with van der Waals surface area (Å²) in [6.07, 6.45) is 0.773. The maximum atomic E-state index is 13.9. The molecule has 8 heteroatoms. The zero-order valence-corrected chi connectivity index (χ0v) is 21.0. The number of allylic oxidation sites excluding steroid dienone is 3. The summed E-state index contributed by atoms with van der Waals surface area (Å²) in [7, 11) is 1.57. The maximum Gasteiger partial charge on any atom is 0.271 e. The number of carbonyl (C=O) groups is 1. The van der Waals surface area contributed by atoms with E-state index in [1.54, 1.807) is 30.2 Å². The summed E-state index contributed by atoms with van der Waals surface area (Å²) in [6.45, 7) is 1.83. The van der Waals surface area contributed by atoms with Gasteiger partial charge in [-0.3, -0.25) is 19.8 Å². The molecule has 3 aromatic carbocycles. The van der Waals surface area contributed by atoms with Gasteiger partial charge >= 0.3 is 0 Å². The zero-order chi connectivity index (χ0) is 27.0. The number of nitro benzene ring substituents is 1. The van der Waals surface area contributed by atoms with E-state index in [-0.39, 0.29) is 35.2 Å². The molecule has 1 aliphatic carbocycles. The van der Waals surface area contributed by atoms with Crippen LogP contribution in [0.3, 0.4) is 0 Å². The third kappa shape index (κ3) is 4.18. The number of hydrogen-bond donors (Lipinski definition) is 1. The van der Waals surface area contributed by atoms with Crippen molar-refractivity contribution in [1.82, 2.24) is 0 Å². The normalized spacial score (nSPS) is 19.2. The molecule has 2 N–H and O–H groups in total. The molecule has 0 bridgehead atoms. The van der Waals surface area contributed by atoms with Crippen LogP contribution in [0.1, 0.15) is 41.4 Å². The second-order valence-corrected chi connectivity index (χ2v) is 9.48. The first-order valence-corrected chi connectivity index (χ1v) is 12.2. The topological polar surface area (TPSA) is 122 Å². The van der Waals surface area contributed by atoms with Crippen LogP contribution in [0, 0.1) is 28.4 Å². The summed E-state index contributed by atoms with van der Waals surface area (Å²) in [5.41, 5.74) is 11.0. The summed E-state index contributed by atoms with van der Waals surface area (Å²) in [4.78, 5) is 26.8. The van der Waals surface area contributed by atoms with Crippen molar-refractivity contribution in [3.63, 3.8) is 0 Å². The van der Waals surface area contributed by atoms with Crippen molar-refractivity contribution in [2.45, 2.75) is 31.6 Å². The fourth-order valence-corrected chi connectivity index (χ4v) is 5.45. The number of non-ortho nitro benzene ring substituents is 1. The van der Waals surface area contributed by atoms with Crippen LogP contribution < -0.4 is 15.4 Å². The number of ketones is 1. The Balaban J connectivity index is 1.75. The second kappa shape index (κ2) is 9.87. The smallest absolute Gasteiger partial charge is 0.271 e. The van der Waals surface area contributed by atoms with Gasteiger partial charge in [0.15, 0.2) is 5.78 Å². The molecule has 0 saturated heterocycles. The van der Waals surface area contributed by atoms with Gasteiger partial charge in [-0.2, -0.15) is 5.26 Å². The van der Waals surface area contributed by atoms with Crippen molar-refractivity contribution in [3.8, 4) is 11.8 Å². The highest BCUT2D eigenvalue weighted by molar-refractivity contribution is 6.02. The number of aryl methyl sites for hydroxylation is 1. The van der Waals surface area contributed by atoms with Crippen molar-refractivity contribution in [2.75, 3.05) is 12.0 Å². The van der Waals surface area contributed by atoms with E-state index in [2.05, 4.69) is 6.07 Å². The largest absolute Gasteiger partial charge is 0.497 e. The van der Waals surface area contributed by atoms with Gasteiger partial charge < -0.3 is 10.5 Å². The molecule has 0 amide bonds. The van der Waals surface area contributed by atoms with Crippen LogP contribution in [-0.4, -0.2) is 17.8 Å². The number of benzene rings is 3. The molecule has 3 aromatic rings. The molecule has 0 aromatic heterocycles. The summed E-state index contributed by atoms with van der Waals surface area (Å²) in [6, 6.07) is 23.8. The van der Waals surface area contributed by atoms with Crippen molar-refractivity contribution in [2.24, 2.45) is 5.73 Å². The molecule has 0 fully saturated rings. The number of methoxy groups -OCH3 is 1. The molecule has 0 spiro atoms. The van der Waals surface area contributed by atoms with E-state index in [9.17, 15) is 20.2 Å². The van der Waals surface area contributed by atoms with Crippen LogP contribution in [0.15, 0.2) is 95.5 Å². The number of nitrogens with two attached hydrogens (primary N) is 1. The molecule has 0 saturated carbocycles. The maximum absolute atomic E-state index is 13.9. The highest BCUT2D eigenvalue weighted by atomic mass is 16.6. The monoisotopic (exact) mass is 506 g/mol. The van der Waals surface area contributed by atoms with Gasteiger partial charge in [0.25, 0.3) is 5.69 Å². The van der Waals surface area contributed by atoms with Gasteiger partial charge in [0.1, 0.15) is 11.6 Å². The van der Waals surface area contributed by atoms with Crippen molar-refractivity contribution in [1.29, 1.82) is 5.26 Å². The highest BCUT2D eigenvalue weighted by Gasteiger charge is 2.43. The Hall–Kier alpha value is -4.90. The molecule has 8 nitrogen and oxygen atoms in total. The third-order valence-electron chi connectivity index (χ3n) is 7.33. The Bertz CT molecular complexity index is 1530. The van der Waals surface area contributed by atoms with Gasteiger partial charge in [0.05, 0.1) is 35.3 Å². The Morgan fingerprint density at radius 1 is 1.05 bits per heavy atom. The van der Waals surface area contributed by atoms with E-state index >= 15 is 0 Å². The van der Waals surface area contributed by atoms with E-state index < -0.39 is 10.8 Å². The van der Waals surface area contributed by atoms with E-state index in [1.807, 2.05) is 49.4 Å². The van der Waals surface area contributed by atoms with E-state index in [1.165, 1.54) is 12.1 Å². The quantitative estimate of drug-likeness (QED) is 0.352. The molecular formula is C30H26N4O4. The molecule has 0 unspecified atom stereocenters. The van der Waals surface area contributed by atoms with Crippen LogP contribution in [0.2, 0.25) is 0 Å². The van der Waals surface area contributed by atoms with E-state index in [0.717, 1.165) is 16.7 Å². The first kappa shape index (κ1) is 24.8. The lowest BCUT2D eigenvalue weighted by Gasteiger charge is -2.42. The Morgan fingerprint density at radius 3 is 2.39 bits per heavy atom. The van der Waals surface area contributed by atoms with Crippen LogP contribution >= 0.6 is 0 Å². The number of anilines is 1. The zero-order valence-electron chi connectivity index (χ0n) is 21.0. The number of carbonyl (C=O) groups excluding carboxylic acids is 1. The lowest BCUT2D eigenvalue weighted by molar-refractivity contribution is -0.384. The molecule has 5 rings (SSSR count). The average Bonchev–Trinajstić information content (AvgIpc) is 2.93. The molecule has 0 radical (unpaired) electrons. The van der Waals surface area contributed by atoms with Crippen LogP contribution in [0.4, 0.5) is 11.4 Å². The third-order valence-corrected chi connectivity index (χ3v) is 7.33. The number of ether oxygens (including phenoxy) is 1. The predicted molar refractivity (Wildman–Crippen MR) is 143 cm³/mol. The summed E-state index contributed by atoms with van der Waals surface area (Å²) in [5.74, 6) is -0.00842. The number of nitrogens with zero attached hydrogens (tertiary/aromatic N) is 3. The van der Waals surface area contributed by atoms with Gasteiger partial charge in [0, 0.05) is 29.8 Å². The first-order valence-electron chi connectivity index (χ1n) is 12.2. The number of rotatable bonds is 5. The lowest BCUT2D eigenvalue weighted by atomic mass is 9.71. The van der Waals surface area contributed by atoms with Crippen LogP contribution in [0.25, 0.3) is 0 Å². The Labute approximate surface area is 220 Å². The fraction of sp³-hybridized carbons (Fsp3) is 0.200. The fourth-order valence-electron chi connectivity index (χ4n) is 5.45. The molecule has 38 heavy (non-hydrogen) atoms. The lowest BCUT2D eigenvalue weighted by Crippen LogP contribution is -2.40. The number of Topliss-reactive ketones (excluding diaryl/α,β-unsaturated/α-hetero) is 1. The van der Waals surface area contributed by atoms with Crippen LogP contribution in [0.5, 0.6) is 5.75 Å². The van der Waals surface area contributed by atoms with Crippen LogP contribution in [-0.2, 0) is 4.79 Å². The van der Waals surface area contributed by atoms with Crippen molar-refractivity contribution >= 4 is 17.2 Å². The Morgan fingerprint density at radius 2 is 1.76 bits per heavy atom. The predicted octanol–water partition coefficient (Wildman–Crippen LogP) is 5.61. The molecule has 190 valence electrons. The summed E-state index contributed by atoms with van der Waals surface area (Å²) >= 11 is 0. The minimum Gasteiger partial charge on any atom is -0.497 e. The first-order chi connectivity index (χ1) is 18.3. The average molecular weight is 507 g/mol. The van der Waals surface area contributed by atoms with E-state index in [0.29, 0.717) is 29.1 Å². The van der Waals surface area contributed by atoms with Gasteiger partial charge in [-0.25, -0.2) is 0 Å². The minimum atomic E-state index is -0.652.